The second-order valence-electron chi connectivity index (χ2n) is 7.05. The van der Waals surface area contributed by atoms with E-state index in [1.807, 2.05) is 18.2 Å². The average molecular weight is 402 g/mol. The summed E-state index contributed by atoms with van der Waals surface area (Å²) in [6, 6.07) is 12.5. The van der Waals surface area contributed by atoms with Crippen molar-refractivity contribution in [2.45, 2.75) is 25.6 Å². The summed E-state index contributed by atoms with van der Waals surface area (Å²) in [6.45, 7) is 3.03. The Morgan fingerprint density at radius 3 is 2.52 bits per heavy atom. The van der Waals surface area contributed by atoms with Crippen molar-refractivity contribution in [3.05, 3.63) is 76.9 Å². The van der Waals surface area contributed by atoms with Crippen molar-refractivity contribution in [1.82, 2.24) is 10.2 Å². The number of nitrogens with zero attached hydrogens (tertiary/aromatic N) is 1. The van der Waals surface area contributed by atoms with Crippen molar-refractivity contribution in [2.24, 2.45) is 0 Å². The van der Waals surface area contributed by atoms with Crippen LogP contribution in [0.4, 0.5) is 13.2 Å². The molecule has 0 saturated heterocycles. The molecule has 1 N–H and O–H groups in total. The monoisotopic (exact) mass is 402 g/mol. The van der Waals surface area contributed by atoms with E-state index in [-0.39, 0.29) is 18.4 Å². The van der Waals surface area contributed by atoms with Gasteiger partial charge in [-0.1, -0.05) is 43.3 Å². The largest absolute Gasteiger partial charge is 0.416 e. The third kappa shape index (κ3) is 5.25. The predicted molar refractivity (Wildman–Crippen MR) is 104 cm³/mol. The molecule has 1 aliphatic rings. The van der Waals surface area contributed by atoms with E-state index in [1.165, 1.54) is 29.8 Å². The molecule has 0 radical (unpaired) electrons. The second-order valence-corrected chi connectivity index (χ2v) is 7.05. The number of amides is 2. The van der Waals surface area contributed by atoms with Crippen LogP contribution in [-0.2, 0) is 22.3 Å². The van der Waals surface area contributed by atoms with Gasteiger partial charge in [-0.25, -0.2) is 0 Å². The number of hydrogen-bond donors (Lipinski definition) is 1. The van der Waals surface area contributed by atoms with Gasteiger partial charge in [0.15, 0.2) is 0 Å². The van der Waals surface area contributed by atoms with Crippen molar-refractivity contribution >= 4 is 17.9 Å². The molecule has 1 unspecified atom stereocenters. The summed E-state index contributed by atoms with van der Waals surface area (Å²) in [5.41, 5.74) is 2.05. The molecule has 4 nitrogen and oxygen atoms in total. The van der Waals surface area contributed by atoms with Crippen LogP contribution in [-0.4, -0.2) is 29.8 Å². The van der Waals surface area contributed by atoms with Crippen molar-refractivity contribution in [1.29, 1.82) is 0 Å². The SMILES string of the molecule is CC1CN(C(=O)CNC(=O)/C=C/c2ccc(C(F)(F)F)cc2)Cc2ccccc21. The van der Waals surface area contributed by atoms with Crippen molar-refractivity contribution in [2.75, 3.05) is 13.1 Å². The summed E-state index contributed by atoms with van der Waals surface area (Å²) < 4.78 is 37.7. The topological polar surface area (TPSA) is 49.4 Å². The van der Waals surface area contributed by atoms with Crippen molar-refractivity contribution in [3.8, 4) is 0 Å². The fourth-order valence-electron chi connectivity index (χ4n) is 3.34. The summed E-state index contributed by atoms with van der Waals surface area (Å²) in [6.07, 6.45) is -1.80. The quantitative estimate of drug-likeness (QED) is 0.787. The van der Waals surface area contributed by atoms with Gasteiger partial charge in [-0.2, -0.15) is 13.2 Å². The number of rotatable bonds is 4. The second kappa shape index (κ2) is 8.51. The molecule has 1 heterocycles. The standard InChI is InChI=1S/C22H21F3N2O2/c1-15-13-27(14-17-4-2-3-5-19(15)17)21(29)12-26-20(28)11-8-16-6-9-18(10-7-16)22(23,24)25/h2-11,15H,12-14H2,1H3,(H,26,28)/b11-8+. The Morgan fingerprint density at radius 1 is 1.14 bits per heavy atom. The van der Waals surface area contributed by atoms with Gasteiger partial charge in [0, 0.05) is 19.2 Å². The lowest BCUT2D eigenvalue weighted by Gasteiger charge is -2.33. The smallest absolute Gasteiger partial charge is 0.343 e. The highest BCUT2D eigenvalue weighted by molar-refractivity contribution is 5.94. The molecule has 2 aromatic carbocycles. The van der Waals surface area contributed by atoms with Gasteiger partial charge in [-0.15, -0.1) is 0 Å². The van der Waals surface area contributed by atoms with E-state index >= 15 is 0 Å². The predicted octanol–water partition coefficient (Wildman–Crippen LogP) is 3.98. The highest BCUT2D eigenvalue weighted by atomic mass is 19.4. The molecule has 152 valence electrons. The van der Waals surface area contributed by atoms with Crippen LogP contribution in [0, 0.1) is 0 Å². The van der Waals surface area contributed by atoms with Crippen LogP contribution < -0.4 is 5.32 Å². The lowest BCUT2D eigenvalue weighted by Crippen LogP contribution is -2.43. The number of carbonyl (C=O) groups is 2. The van der Waals surface area contributed by atoms with Crippen LogP contribution >= 0.6 is 0 Å². The molecule has 1 atom stereocenters. The zero-order valence-electron chi connectivity index (χ0n) is 15.9. The number of carbonyl (C=O) groups excluding carboxylic acids is 2. The maximum atomic E-state index is 12.6. The van der Waals surface area contributed by atoms with Gasteiger partial charge in [0.05, 0.1) is 12.1 Å². The number of nitrogens with one attached hydrogen (secondary N) is 1. The van der Waals surface area contributed by atoms with E-state index in [4.69, 9.17) is 0 Å². The fraction of sp³-hybridized carbons (Fsp3) is 0.273. The van der Waals surface area contributed by atoms with E-state index in [1.54, 1.807) is 4.90 Å². The minimum Gasteiger partial charge on any atom is -0.343 e. The molecule has 1 aliphatic heterocycles. The zero-order chi connectivity index (χ0) is 21.0. The molecule has 0 bridgehead atoms. The Labute approximate surface area is 167 Å². The van der Waals surface area contributed by atoms with E-state index in [2.05, 4.69) is 18.3 Å². The molecular formula is C22H21F3N2O2. The molecule has 2 amide bonds. The number of benzene rings is 2. The minimum absolute atomic E-state index is 0.134. The van der Waals surface area contributed by atoms with Crippen LogP contribution in [0.5, 0.6) is 0 Å². The maximum absolute atomic E-state index is 12.6. The summed E-state index contributed by atoms with van der Waals surface area (Å²) in [5.74, 6) is -0.439. The van der Waals surface area contributed by atoms with Gasteiger partial charge in [0.1, 0.15) is 0 Å². The molecule has 7 heteroatoms. The summed E-state index contributed by atoms with van der Waals surface area (Å²) >= 11 is 0. The van der Waals surface area contributed by atoms with E-state index in [0.717, 1.165) is 17.7 Å². The van der Waals surface area contributed by atoms with Gasteiger partial charge >= 0.3 is 6.18 Å². The molecular weight excluding hydrogens is 381 g/mol. The third-order valence-corrected chi connectivity index (χ3v) is 4.87. The first-order valence-corrected chi connectivity index (χ1v) is 9.23. The Balaban J connectivity index is 1.52. The molecule has 2 aromatic rings. The van der Waals surface area contributed by atoms with Gasteiger partial charge in [-0.05, 0) is 40.8 Å². The van der Waals surface area contributed by atoms with Gasteiger partial charge in [-0.3, -0.25) is 9.59 Å². The fourth-order valence-corrected chi connectivity index (χ4v) is 3.34. The van der Waals surface area contributed by atoms with Crippen LogP contribution in [0.2, 0.25) is 0 Å². The Bertz CT molecular complexity index is 920. The first kappa shape index (κ1) is 20.6. The zero-order valence-corrected chi connectivity index (χ0v) is 15.9. The van der Waals surface area contributed by atoms with E-state index in [0.29, 0.717) is 18.7 Å². The van der Waals surface area contributed by atoms with Gasteiger partial charge < -0.3 is 10.2 Å². The molecule has 0 aliphatic carbocycles. The molecule has 0 spiro atoms. The number of alkyl halides is 3. The lowest BCUT2D eigenvalue weighted by atomic mass is 9.91. The first-order chi connectivity index (χ1) is 13.7. The normalized spacial score (nSPS) is 16.6. The van der Waals surface area contributed by atoms with E-state index < -0.39 is 17.6 Å². The molecule has 29 heavy (non-hydrogen) atoms. The van der Waals surface area contributed by atoms with Crippen molar-refractivity contribution < 1.29 is 22.8 Å². The maximum Gasteiger partial charge on any atom is 0.416 e. The highest BCUT2D eigenvalue weighted by Crippen LogP contribution is 2.29. The van der Waals surface area contributed by atoms with Crippen LogP contribution in [0.1, 0.15) is 35.1 Å². The summed E-state index contributed by atoms with van der Waals surface area (Å²) in [7, 11) is 0. The van der Waals surface area contributed by atoms with Gasteiger partial charge in [0.25, 0.3) is 0 Å². The van der Waals surface area contributed by atoms with Crippen LogP contribution in [0.15, 0.2) is 54.6 Å². The Hall–Kier alpha value is -3.09. The lowest BCUT2D eigenvalue weighted by molar-refractivity contribution is -0.137. The van der Waals surface area contributed by atoms with Crippen LogP contribution in [0.3, 0.4) is 0 Å². The summed E-state index contributed by atoms with van der Waals surface area (Å²) in [5, 5.41) is 2.53. The summed E-state index contributed by atoms with van der Waals surface area (Å²) in [4.78, 5) is 26.1. The van der Waals surface area contributed by atoms with Gasteiger partial charge in [0.2, 0.25) is 11.8 Å². The van der Waals surface area contributed by atoms with E-state index in [9.17, 15) is 22.8 Å². The average Bonchev–Trinajstić information content (AvgIpc) is 2.70. The minimum atomic E-state index is -4.40. The van der Waals surface area contributed by atoms with Crippen molar-refractivity contribution in [3.63, 3.8) is 0 Å². The highest BCUT2D eigenvalue weighted by Gasteiger charge is 2.29. The Morgan fingerprint density at radius 2 is 1.83 bits per heavy atom. The Kier molecular flexibility index (Phi) is 6.06. The first-order valence-electron chi connectivity index (χ1n) is 9.23. The molecule has 0 fully saturated rings. The number of fused-ring (bicyclic) bond motifs is 1. The van der Waals surface area contributed by atoms with Crippen LogP contribution in [0.25, 0.3) is 6.08 Å². The third-order valence-electron chi connectivity index (χ3n) is 4.87. The number of hydrogen-bond acceptors (Lipinski definition) is 2. The molecule has 3 rings (SSSR count). The number of halogens is 3. The molecule has 0 aromatic heterocycles. The molecule has 0 saturated carbocycles.